The number of benzene rings is 1. The molecule has 1 atom stereocenters. The molecule has 2 heterocycles. The monoisotopic (exact) mass is 341 g/mol. The minimum atomic E-state index is -0.484. The number of non-ortho nitro benzene ring substituents is 1. The lowest BCUT2D eigenvalue weighted by molar-refractivity contribution is -0.384. The first-order chi connectivity index (χ1) is 10.6. The molecular formula is C12H12ClN5O3S. The van der Waals surface area contributed by atoms with E-state index in [4.69, 9.17) is 16.3 Å². The fourth-order valence-electron chi connectivity index (χ4n) is 2.15. The third-order valence-corrected chi connectivity index (χ3v) is 4.70. The molecule has 1 aliphatic rings. The molecule has 8 nitrogen and oxygen atoms in total. The normalized spacial score (nSPS) is 17.8. The number of hydrogen-bond acceptors (Lipinski definition) is 7. The van der Waals surface area contributed by atoms with Crippen LogP contribution in [0, 0.1) is 10.1 Å². The Kier molecular flexibility index (Phi) is 4.55. The number of aromatic nitrogens is 4. The van der Waals surface area contributed by atoms with Crippen LogP contribution in [0.2, 0.25) is 5.02 Å². The first-order valence-corrected chi connectivity index (χ1v) is 7.82. The van der Waals surface area contributed by atoms with Crippen LogP contribution in [0.25, 0.3) is 0 Å². The molecule has 1 fully saturated rings. The van der Waals surface area contributed by atoms with Gasteiger partial charge in [0.25, 0.3) is 5.69 Å². The number of ether oxygens (including phenoxy) is 1. The summed E-state index contributed by atoms with van der Waals surface area (Å²) in [6.07, 6.45) is 2.15. The van der Waals surface area contributed by atoms with Gasteiger partial charge in [0.1, 0.15) is 0 Å². The third kappa shape index (κ3) is 3.37. The van der Waals surface area contributed by atoms with Crippen molar-refractivity contribution in [2.45, 2.75) is 35.5 Å². The summed E-state index contributed by atoms with van der Waals surface area (Å²) in [4.78, 5) is 10.9. The molecule has 0 spiro atoms. The summed E-state index contributed by atoms with van der Waals surface area (Å²) < 4.78 is 7.24. The summed E-state index contributed by atoms with van der Waals surface area (Å²) in [5.74, 6) is 0. The van der Waals surface area contributed by atoms with Gasteiger partial charge in [-0.3, -0.25) is 10.1 Å². The predicted molar refractivity (Wildman–Crippen MR) is 79.0 cm³/mol. The largest absolute Gasteiger partial charge is 0.376 e. The molecule has 1 unspecified atom stereocenters. The highest BCUT2D eigenvalue weighted by atomic mass is 35.5. The van der Waals surface area contributed by atoms with Crippen molar-refractivity contribution >= 4 is 29.1 Å². The van der Waals surface area contributed by atoms with Gasteiger partial charge in [0, 0.05) is 23.6 Å². The molecule has 0 amide bonds. The summed E-state index contributed by atoms with van der Waals surface area (Å²) in [7, 11) is 0. The molecule has 0 radical (unpaired) electrons. The Morgan fingerprint density at radius 3 is 3.09 bits per heavy atom. The second kappa shape index (κ2) is 6.59. The Labute approximate surface area is 134 Å². The summed E-state index contributed by atoms with van der Waals surface area (Å²) in [5, 5.41) is 23.2. The summed E-state index contributed by atoms with van der Waals surface area (Å²) >= 11 is 7.35. The minimum absolute atomic E-state index is 0.0479. The number of nitrogens with zero attached hydrogens (tertiary/aromatic N) is 5. The molecule has 0 aliphatic carbocycles. The van der Waals surface area contributed by atoms with Crippen LogP contribution in [0.15, 0.2) is 28.3 Å². The van der Waals surface area contributed by atoms with Crippen LogP contribution >= 0.6 is 23.4 Å². The molecule has 3 rings (SSSR count). The van der Waals surface area contributed by atoms with Gasteiger partial charge in [0.2, 0.25) is 5.16 Å². The van der Waals surface area contributed by atoms with Crippen molar-refractivity contribution in [2.24, 2.45) is 0 Å². The number of halogens is 1. The minimum Gasteiger partial charge on any atom is -0.376 e. The number of nitro groups is 1. The molecule has 116 valence electrons. The van der Waals surface area contributed by atoms with E-state index < -0.39 is 4.92 Å². The highest BCUT2D eigenvalue weighted by Gasteiger charge is 2.20. The summed E-state index contributed by atoms with van der Waals surface area (Å²) in [6.45, 7) is 1.35. The zero-order valence-electron chi connectivity index (χ0n) is 11.4. The SMILES string of the molecule is O=[N+]([O-])c1ccc(Sc2nnnn2CC2CCCO2)c(Cl)c1. The van der Waals surface area contributed by atoms with Gasteiger partial charge < -0.3 is 4.74 Å². The summed E-state index contributed by atoms with van der Waals surface area (Å²) in [6, 6.07) is 4.32. The van der Waals surface area contributed by atoms with Gasteiger partial charge in [0.05, 0.1) is 22.6 Å². The van der Waals surface area contributed by atoms with Crippen LogP contribution in [0.5, 0.6) is 0 Å². The predicted octanol–water partition coefficient (Wildman–Crippen LogP) is 2.56. The van der Waals surface area contributed by atoms with Crippen molar-refractivity contribution in [2.75, 3.05) is 6.61 Å². The van der Waals surface area contributed by atoms with E-state index >= 15 is 0 Å². The second-order valence-corrected chi connectivity index (χ2v) is 6.17. The van der Waals surface area contributed by atoms with Crippen molar-refractivity contribution < 1.29 is 9.66 Å². The molecule has 0 N–H and O–H groups in total. The van der Waals surface area contributed by atoms with Crippen molar-refractivity contribution in [3.8, 4) is 0 Å². The fourth-order valence-corrected chi connectivity index (χ4v) is 3.22. The molecule has 1 aromatic carbocycles. The molecule has 1 aliphatic heterocycles. The standard InChI is InChI=1S/C12H12ClN5O3S/c13-10-6-8(18(19)20)3-4-11(10)22-12-14-15-16-17(12)7-9-2-1-5-21-9/h3-4,6,9H,1-2,5,7H2. The van der Waals surface area contributed by atoms with E-state index in [9.17, 15) is 10.1 Å². The highest BCUT2D eigenvalue weighted by molar-refractivity contribution is 7.99. The van der Waals surface area contributed by atoms with Crippen molar-refractivity contribution in [1.82, 2.24) is 20.2 Å². The van der Waals surface area contributed by atoms with Crippen LogP contribution in [-0.2, 0) is 11.3 Å². The first-order valence-electron chi connectivity index (χ1n) is 6.63. The maximum absolute atomic E-state index is 10.7. The number of tetrazole rings is 1. The van der Waals surface area contributed by atoms with Gasteiger partial charge in [-0.25, -0.2) is 4.68 Å². The fraction of sp³-hybridized carbons (Fsp3) is 0.417. The van der Waals surface area contributed by atoms with Gasteiger partial charge >= 0.3 is 0 Å². The molecular weight excluding hydrogens is 330 g/mol. The maximum Gasteiger partial charge on any atom is 0.270 e. The Balaban J connectivity index is 1.76. The molecule has 10 heteroatoms. The Bertz CT molecular complexity index is 689. The number of rotatable bonds is 5. The van der Waals surface area contributed by atoms with Crippen molar-refractivity contribution in [3.05, 3.63) is 33.3 Å². The molecule has 1 aromatic heterocycles. The van der Waals surface area contributed by atoms with E-state index in [1.807, 2.05) is 0 Å². The lowest BCUT2D eigenvalue weighted by Gasteiger charge is -2.10. The summed E-state index contributed by atoms with van der Waals surface area (Å²) in [5.41, 5.74) is -0.0479. The van der Waals surface area contributed by atoms with E-state index in [1.165, 1.54) is 23.9 Å². The average Bonchev–Trinajstić information content (AvgIpc) is 3.14. The second-order valence-electron chi connectivity index (χ2n) is 4.75. The number of hydrogen-bond donors (Lipinski definition) is 0. The first kappa shape index (κ1) is 15.2. The third-order valence-electron chi connectivity index (χ3n) is 3.23. The van der Waals surface area contributed by atoms with E-state index in [0.29, 0.717) is 21.6 Å². The zero-order valence-corrected chi connectivity index (χ0v) is 13.0. The topological polar surface area (TPSA) is 96.0 Å². The van der Waals surface area contributed by atoms with Crippen LogP contribution in [0.3, 0.4) is 0 Å². The van der Waals surface area contributed by atoms with E-state index in [1.54, 1.807) is 10.7 Å². The molecule has 22 heavy (non-hydrogen) atoms. The highest BCUT2D eigenvalue weighted by Crippen LogP contribution is 2.34. The van der Waals surface area contributed by atoms with E-state index in [2.05, 4.69) is 15.5 Å². The van der Waals surface area contributed by atoms with Gasteiger partial charge in [-0.1, -0.05) is 11.6 Å². The lowest BCUT2D eigenvalue weighted by Crippen LogP contribution is -2.16. The van der Waals surface area contributed by atoms with Gasteiger partial charge in [-0.15, -0.1) is 5.10 Å². The Hall–Kier alpha value is -1.71. The van der Waals surface area contributed by atoms with Crippen molar-refractivity contribution in [1.29, 1.82) is 0 Å². The smallest absolute Gasteiger partial charge is 0.270 e. The molecule has 2 aromatic rings. The Morgan fingerprint density at radius 1 is 1.55 bits per heavy atom. The molecule has 1 saturated heterocycles. The van der Waals surface area contributed by atoms with Gasteiger partial charge in [0.15, 0.2) is 0 Å². The zero-order chi connectivity index (χ0) is 15.5. The molecule has 0 saturated carbocycles. The van der Waals surface area contributed by atoms with Crippen LogP contribution in [0.1, 0.15) is 12.8 Å². The van der Waals surface area contributed by atoms with Crippen LogP contribution in [0.4, 0.5) is 5.69 Å². The van der Waals surface area contributed by atoms with Crippen LogP contribution in [-0.4, -0.2) is 37.8 Å². The van der Waals surface area contributed by atoms with E-state index in [0.717, 1.165) is 19.4 Å². The van der Waals surface area contributed by atoms with Gasteiger partial charge in [-0.05, 0) is 41.1 Å². The van der Waals surface area contributed by atoms with E-state index in [-0.39, 0.29) is 11.8 Å². The quantitative estimate of drug-likeness (QED) is 0.609. The average molecular weight is 342 g/mol. The number of nitro benzene ring substituents is 1. The Morgan fingerprint density at radius 2 is 2.41 bits per heavy atom. The van der Waals surface area contributed by atoms with Gasteiger partial charge in [-0.2, -0.15) is 0 Å². The van der Waals surface area contributed by atoms with Crippen molar-refractivity contribution in [3.63, 3.8) is 0 Å². The lowest BCUT2D eigenvalue weighted by atomic mass is 10.2. The maximum atomic E-state index is 10.7. The molecule has 0 bridgehead atoms. The van der Waals surface area contributed by atoms with Crippen LogP contribution < -0.4 is 0 Å².